The van der Waals surface area contributed by atoms with Crippen molar-refractivity contribution in [2.45, 2.75) is 24.7 Å². The molecule has 138 valence electrons. The van der Waals surface area contributed by atoms with E-state index in [0.29, 0.717) is 22.5 Å². The van der Waals surface area contributed by atoms with Crippen LogP contribution in [-0.4, -0.2) is 27.7 Å². The third kappa shape index (κ3) is 2.26. The number of benzene rings is 2. The number of thiazole rings is 1. The zero-order chi connectivity index (χ0) is 18.8. The van der Waals surface area contributed by atoms with E-state index in [-0.39, 0.29) is 17.3 Å². The Morgan fingerprint density at radius 2 is 1.85 bits per heavy atom. The number of halogens is 3. The average Bonchev–Trinajstić information content (AvgIpc) is 3.21. The molecule has 5 rings (SSSR count). The molecule has 0 fully saturated rings. The number of anilines is 1. The summed E-state index contributed by atoms with van der Waals surface area (Å²) in [4.78, 5) is 4.29. The van der Waals surface area contributed by atoms with Crippen molar-refractivity contribution in [3.05, 3.63) is 59.7 Å². The fourth-order valence-electron chi connectivity index (χ4n) is 3.92. The first-order valence-electron chi connectivity index (χ1n) is 8.51. The maximum atomic E-state index is 14.1. The molecule has 1 aliphatic heterocycles. The number of hydrogen-bond acceptors (Lipinski definition) is 5. The second-order valence-corrected chi connectivity index (χ2v) is 7.74. The van der Waals surface area contributed by atoms with Gasteiger partial charge >= 0.3 is 6.18 Å². The van der Waals surface area contributed by atoms with Crippen LogP contribution in [0.4, 0.5) is 18.3 Å². The summed E-state index contributed by atoms with van der Waals surface area (Å²) in [5.41, 5.74) is -0.638. The molecular weight excluding hydrogens is 375 g/mol. The van der Waals surface area contributed by atoms with E-state index < -0.39 is 17.8 Å². The predicted molar refractivity (Wildman–Crippen MR) is 97.9 cm³/mol. The Morgan fingerprint density at radius 3 is 2.63 bits per heavy atom. The van der Waals surface area contributed by atoms with Crippen LogP contribution in [0.2, 0.25) is 0 Å². The molecule has 1 N–H and O–H groups in total. The summed E-state index contributed by atoms with van der Waals surface area (Å²) in [6.45, 7) is 0. The van der Waals surface area contributed by atoms with Crippen molar-refractivity contribution in [3.63, 3.8) is 0 Å². The minimum absolute atomic E-state index is 0.0374. The quantitative estimate of drug-likeness (QED) is 0.674. The second kappa shape index (κ2) is 5.53. The third-order valence-electron chi connectivity index (χ3n) is 5.22. The summed E-state index contributed by atoms with van der Waals surface area (Å²) in [5.74, 6) is -1.15. The molecule has 0 amide bonds. The minimum Gasteiger partial charge on any atom is -0.362 e. The molecule has 0 saturated heterocycles. The Balaban J connectivity index is 1.71. The largest absolute Gasteiger partial charge is 0.439 e. The van der Waals surface area contributed by atoms with Gasteiger partial charge in [0, 0.05) is 5.56 Å². The predicted octanol–water partition coefficient (Wildman–Crippen LogP) is 4.33. The molecule has 3 aromatic rings. The maximum absolute atomic E-state index is 14.1. The number of aromatic nitrogens is 1. The lowest BCUT2D eigenvalue weighted by Crippen LogP contribution is -2.60. The summed E-state index contributed by atoms with van der Waals surface area (Å²) in [5, 5.41) is 15.9. The lowest BCUT2D eigenvalue weighted by molar-refractivity contribution is -0.268. The summed E-state index contributed by atoms with van der Waals surface area (Å²) in [6.07, 6.45) is -4.24. The van der Waals surface area contributed by atoms with Crippen molar-refractivity contribution in [1.29, 1.82) is 0 Å². The number of alkyl halides is 3. The summed E-state index contributed by atoms with van der Waals surface area (Å²) in [7, 11) is 0. The van der Waals surface area contributed by atoms with Gasteiger partial charge in [-0.1, -0.05) is 47.7 Å². The van der Waals surface area contributed by atoms with Crippen LogP contribution >= 0.6 is 11.3 Å². The number of aryl methyl sites for hydroxylation is 1. The van der Waals surface area contributed by atoms with Crippen molar-refractivity contribution in [2.24, 2.45) is 11.0 Å². The maximum Gasteiger partial charge on any atom is 0.439 e. The minimum atomic E-state index is -4.88. The Hall–Kier alpha value is -2.45. The van der Waals surface area contributed by atoms with Crippen molar-refractivity contribution >= 4 is 32.4 Å². The first kappa shape index (κ1) is 16.7. The van der Waals surface area contributed by atoms with Crippen molar-refractivity contribution in [3.8, 4) is 0 Å². The molecule has 0 spiro atoms. The van der Waals surface area contributed by atoms with E-state index in [4.69, 9.17) is 0 Å². The van der Waals surface area contributed by atoms with Crippen LogP contribution < -0.4 is 5.01 Å². The Kier molecular flexibility index (Phi) is 3.42. The van der Waals surface area contributed by atoms with Crippen LogP contribution in [0.15, 0.2) is 53.6 Å². The van der Waals surface area contributed by atoms with Gasteiger partial charge in [-0.2, -0.15) is 23.3 Å². The van der Waals surface area contributed by atoms with Crippen molar-refractivity contribution in [2.75, 3.05) is 5.01 Å². The standard InChI is InChI=1S/C19H14F3N3OS/c20-19(21,22)18(26)13-10-9-11-5-1-2-6-12(11)16(13)24-25(18)17-23-14-7-3-4-8-15(14)27-17/h1-8,13,26H,9-10H2/t13-,18+/m1/s1. The first-order valence-corrected chi connectivity index (χ1v) is 9.33. The lowest BCUT2D eigenvalue weighted by Gasteiger charge is -2.38. The summed E-state index contributed by atoms with van der Waals surface area (Å²) >= 11 is 1.09. The molecule has 0 bridgehead atoms. The lowest BCUT2D eigenvalue weighted by atomic mass is 9.77. The van der Waals surface area contributed by atoms with Gasteiger partial charge < -0.3 is 5.11 Å². The fraction of sp³-hybridized carbons (Fsp3) is 0.263. The molecule has 2 aromatic carbocycles. The molecule has 0 radical (unpaired) electrons. The van der Waals surface area contributed by atoms with Crippen LogP contribution in [0.5, 0.6) is 0 Å². The number of hydrogen-bond donors (Lipinski definition) is 1. The number of hydrazone groups is 1. The number of nitrogens with zero attached hydrogens (tertiary/aromatic N) is 3. The van der Waals surface area contributed by atoms with Gasteiger partial charge in [0.15, 0.2) is 0 Å². The van der Waals surface area contributed by atoms with Gasteiger partial charge in [0.05, 0.1) is 21.8 Å². The van der Waals surface area contributed by atoms with Gasteiger partial charge in [0.2, 0.25) is 5.13 Å². The van der Waals surface area contributed by atoms with Gasteiger partial charge in [-0.05, 0) is 30.5 Å². The van der Waals surface area contributed by atoms with Gasteiger partial charge in [-0.15, -0.1) is 0 Å². The molecule has 1 aliphatic carbocycles. The van der Waals surface area contributed by atoms with Crippen LogP contribution in [0.3, 0.4) is 0 Å². The number of para-hydroxylation sites is 1. The second-order valence-electron chi connectivity index (χ2n) is 6.73. The number of rotatable bonds is 1. The summed E-state index contributed by atoms with van der Waals surface area (Å²) in [6, 6.07) is 14.4. The zero-order valence-electron chi connectivity index (χ0n) is 13.9. The Labute approximate surface area is 156 Å². The molecule has 8 heteroatoms. The van der Waals surface area contributed by atoms with Crippen LogP contribution in [0.25, 0.3) is 10.2 Å². The third-order valence-corrected chi connectivity index (χ3v) is 6.24. The highest BCUT2D eigenvalue weighted by Crippen LogP contribution is 2.51. The highest BCUT2D eigenvalue weighted by atomic mass is 32.1. The Morgan fingerprint density at radius 1 is 1.11 bits per heavy atom. The molecule has 0 unspecified atom stereocenters. The number of aliphatic hydroxyl groups is 1. The van der Waals surface area contributed by atoms with Crippen molar-refractivity contribution in [1.82, 2.24) is 4.98 Å². The molecule has 27 heavy (non-hydrogen) atoms. The molecule has 4 nitrogen and oxygen atoms in total. The van der Waals surface area contributed by atoms with Crippen LogP contribution in [-0.2, 0) is 6.42 Å². The average molecular weight is 389 g/mol. The molecule has 2 aliphatic rings. The summed E-state index contributed by atoms with van der Waals surface area (Å²) < 4.78 is 43.0. The van der Waals surface area contributed by atoms with Gasteiger partial charge in [0.25, 0.3) is 5.72 Å². The van der Waals surface area contributed by atoms with E-state index in [0.717, 1.165) is 21.6 Å². The number of fused-ring (bicyclic) bond motifs is 4. The van der Waals surface area contributed by atoms with E-state index in [9.17, 15) is 18.3 Å². The topological polar surface area (TPSA) is 48.7 Å². The van der Waals surface area contributed by atoms with E-state index in [2.05, 4.69) is 10.1 Å². The zero-order valence-corrected chi connectivity index (χ0v) is 14.8. The molecule has 1 aromatic heterocycles. The smallest absolute Gasteiger partial charge is 0.362 e. The van der Waals surface area contributed by atoms with Gasteiger partial charge in [0.1, 0.15) is 0 Å². The molecular formula is C19H14F3N3OS. The fourth-order valence-corrected chi connectivity index (χ4v) is 4.89. The normalized spacial score (nSPS) is 24.7. The van der Waals surface area contributed by atoms with E-state index in [1.54, 1.807) is 36.4 Å². The molecule has 2 atom stereocenters. The molecule has 2 heterocycles. The highest BCUT2D eigenvalue weighted by Gasteiger charge is 2.68. The van der Waals surface area contributed by atoms with Gasteiger partial charge in [-0.3, -0.25) is 0 Å². The van der Waals surface area contributed by atoms with Gasteiger partial charge in [-0.25, -0.2) is 4.98 Å². The monoisotopic (exact) mass is 389 g/mol. The van der Waals surface area contributed by atoms with Crippen molar-refractivity contribution < 1.29 is 18.3 Å². The molecule has 0 saturated carbocycles. The van der Waals surface area contributed by atoms with E-state index in [1.165, 1.54) is 0 Å². The van der Waals surface area contributed by atoms with E-state index >= 15 is 0 Å². The van der Waals surface area contributed by atoms with Crippen LogP contribution in [0, 0.1) is 5.92 Å². The van der Waals surface area contributed by atoms with E-state index in [1.807, 2.05) is 12.1 Å². The highest BCUT2D eigenvalue weighted by molar-refractivity contribution is 7.22. The SMILES string of the molecule is O[C@]1(C(F)(F)F)[C@@H]2CCc3ccccc3C2=NN1c1nc2ccccc2s1. The first-order chi connectivity index (χ1) is 12.9. The van der Waals surface area contributed by atoms with Crippen LogP contribution in [0.1, 0.15) is 17.5 Å². The Bertz CT molecular complexity index is 1040.